The first-order chi connectivity index (χ1) is 19.0. The monoisotopic (exact) mass is 597 g/mol. The van der Waals surface area contributed by atoms with E-state index in [2.05, 4.69) is 0 Å². The Labute approximate surface area is 238 Å². The lowest BCUT2D eigenvalue weighted by molar-refractivity contribution is -0.933. The second-order valence-electron chi connectivity index (χ2n) is 9.04. The molecule has 0 unspecified atom stereocenters. The highest BCUT2D eigenvalue weighted by atomic mass is 16.4. The van der Waals surface area contributed by atoms with Crippen LogP contribution in [0.4, 0.5) is 0 Å². The molecule has 1 aliphatic carbocycles. The lowest BCUT2D eigenvalue weighted by Crippen LogP contribution is -2.66. The van der Waals surface area contributed by atoms with Crippen LogP contribution >= 0.6 is 0 Å². The van der Waals surface area contributed by atoms with Crippen molar-refractivity contribution in [2.75, 3.05) is 19.6 Å². The Hall–Kier alpha value is -5.22. The minimum Gasteiger partial charge on any atom is -0.508 e. The maximum atomic E-state index is 11.3. The highest BCUT2D eigenvalue weighted by Gasteiger charge is 2.68. The summed E-state index contributed by atoms with van der Waals surface area (Å²) in [6.45, 7) is -2.57. The molecule has 1 saturated carbocycles. The molecule has 0 heterocycles. The van der Waals surface area contributed by atoms with Crippen LogP contribution in [0.1, 0.15) is 24.0 Å². The van der Waals surface area contributed by atoms with E-state index in [1.165, 1.54) is 12.1 Å². The van der Waals surface area contributed by atoms with Gasteiger partial charge >= 0.3 is 35.8 Å². The van der Waals surface area contributed by atoms with E-state index in [9.17, 15) is 33.9 Å². The maximum Gasteiger partial charge on any atom is 0.365 e. The Balaban J connectivity index is 0.000000630. The fourth-order valence-corrected chi connectivity index (χ4v) is 4.05. The largest absolute Gasteiger partial charge is 0.508 e. The molecule has 16 heteroatoms. The first kappa shape index (κ1) is 36.8. The number of rotatable bonds is 12. The molecule has 42 heavy (non-hydrogen) atoms. The number of carbonyl (C=O) groups is 6. The fourth-order valence-electron chi connectivity index (χ4n) is 4.05. The summed E-state index contributed by atoms with van der Waals surface area (Å²) in [6, 6.07) is 12.8. The predicted molar refractivity (Wildman–Crippen MR) is 141 cm³/mol. The summed E-state index contributed by atoms with van der Waals surface area (Å²) in [6.07, 6.45) is -0.133. The molecule has 0 aliphatic heterocycles. The molecule has 2 aromatic rings. The quantitative estimate of drug-likeness (QED) is 0.153. The highest BCUT2D eigenvalue weighted by molar-refractivity contribution is 5.83. The maximum absolute atomic E-state index is 11.3. The average molecular weight is 598 g/mol. The first-order valence-corrected chi connectivity index (χ1v) is 11.8. The van der Waals surface area contributed by atoms with Crippen molar-refractivity contribution in [3.63, 3.8) is 0 Å². The molecule has 16 nitrogen and oxygen atoms in total. The van der Waals surface area contributed by atoms with E-state index >= 15 is 0 Å². The summed E-state index contributed by atoms with van der Waals surface area (Å²) in [5.74, 6) is -7.47. The summed E-state index contributed by atoms with van der Waals surface area (Å²) in [4.78, 5) is 64.3. The average Bonchev–Trinajstić information content (AvgIpc) is 3.64. The van der Waals surface area contributed by atoms with Crippen LogP contribution < -0.4 is 6.15 Å². The van der Waals surface area contributed by atoms with E-state index in [0.717, 1.165) is 0 Å². The molecular weight excluding hydrogens is 564 g/mol. The number of benzene rings is 2. The van der Waals surface area contributed by atoms with Gasteiger partial charge < -0.3 is 47.0 Å². The van der Waals surface area contributed by atoms with Gasteiger partial charge in [-0.15, -0.1) is 0 Å². The summed E-state index contributed by atoms with van der Waals surface area (Å²) < 4.78 is -1.01. The van der Waals surface area contributed by atoms with Gasteiger partial charge in [0.2, 0.25) is 0 Å². The summed E-state index contributed by atoms with van der Waals surface area (Å²) in [5, 5.41) is 70.7. The van der Waals surface area contributed by atoms with Crippen molar-refractivity contribution in [3.8, 4) is 11.5 Å². The van der Waals surface area contributed by atoms with Gasteiger partial charge in [0, 0.05) is 24.0 Å². The minimum atomic E-state index is -1.63. The molecule has 3 rings (SSSR count). The van der Waals surface area contributed by atoms with Crippen LogP contribution in [0.3, 0.4) is 0 Å². The van der Waals surface area contributed by atoms with Crippen molar-refractivity contribution in [2.45, 2.75) is 31.2 Å². The normalized spacial score (nSPS) is 12.5. The van der Waals surface area contributed by atoms with Gasteiger partial charge in [0.25, 0.3) is 0 Å². The Morgan fingerprint density at radius 2 is 0.881 bits per heavy atom. The molecule has 0 atom stereocenters. The summed E-state index contributed by atoms with van der Waals surface area (Å²) in [7, 11) is 0. The lowest BCUT2D eigenvalue weighted by Gasteiger charge is -2.39. The zero-order valence-corrected chi connectivity index (χ0v) is 22.3. The predicted octanol–water partition coefficient (Wildman–Crippen LogP) is 0.875. The van der Waals surface area contributed by atoms with E-state index in [1.54, 1.807) is 36.4 Å². The van der Waals surface area contributed by atoms with Crippen LogP contribution in [0.15, 0.2) is 48.5 Å². The van der Waals surface area contributed by atoms with E-state index < -0.39 is 65.5 Å². The van der Waals surface area contributed by atoms with Crippen LogP contribution in [0.5, 0.6) is 11.5 Å². The SMILES string of the molecule is N.O=C(O)C[N+](CC(=O)O)(CC(=O)O)C1(C(=O)O)CC1.O=C(O)Cc1ccccc1O.O=C(O)Cc1ccccc1O. The molecule has 11 N–H and O–H groups in total. The zero-order valence-electron chi connectivity index (χ0n) is 22.3. The molecule has 0 bridgehead atoms. The number of phenolic OH excluding ortho intramolecular Hbond substituents is 2. The molecule has 0 spiro atoms. The molecule has 0 amide bonds. The van der Waals surface area contributed by atoms with Crippen molar-refractivity contribution >= 4 is 35.8 Å². The van der Waals surface area contributed by atoms with Gasteiger partial charge in [-0.05, 0) is 12.1 Å². The van der Waals surface area contributed by atoms with E-state index in [0.29, 0.717) is 11.1 Å². The molecule has 0 aromatic heterocycles. The van der Waals surface area contributed by atoms with Crippen molar-refractivity contribution in [1.29, 1.82) is 0 Å². The summed E-state index contributed by atoms with van der Waals surface area (Å²) >= 11 is 0. The lowest BCUT2D eigenvalue weighted by atomic mass is 10.1. The van der Waals surface area contributed by atoms with Gasteiger partial charge in [-0.25, -0.2) is 19.2 Å². The third kappa shape index (κ3) is 11.1. The van der Waals surface area contributed by atoms with E-state index in [1.807, 2.05) is 0 Å². The van der Waals surface area contributed by atoms with Gasteiger partial charge in [0.15, 0.2) is 25.2 Å². The number of aromatic hydroxyl groups is 2. The van der Waals surface area contributed by atoms with Gasteiger partial charge in [-0.2, -0.15) is 0 Å². The van der Waals surface area contributed by atoms with Crippen LogP contribution in [-0.4, -0.2) is 106 Å². The molecular formula is C26H33N2O14+. The topological polar surface area (TPSA) is 299 Å². The minimum absolute atomic E-state index is 0. The van der Waals surface area contributed by atoms with Crippen molar-refractivity contribution in [1.82, 2.24) is 6.15 Å². The fraction of sp³-hybridized carbons (Fsp3) is 0.308. The number of nitrogens with zero attached hydrogens (tertiary/aromatic N) is 1. The zero-order chi connectivity index (χ0) is 31.4. The molecule has 230 valence electrons. The number of hydrogen-bond donors (Lipinski definition) is 9. The van der Waals surface area contributed by atoms with Crippen LogP contribution in [-0.2, 0) is 41.6 Å². The standard InChI is InChI=1S/C10H13NO8.2C8H8O3.H3N/c12-6(13)3-11(4-7(14)15,5-8(16)17)10(1-2-10)9(18)19;2*9-7-4-2-1-3-6(7)5-8(10)11;/h1-5H2,(H3-,12,13,14,15,16,17,18,19);2*1-4,9H,5H2,(H,10,11);1H3/p+1. The Morgan fingerprint density at radius 3 is 1.10 bits per heavy atom. The Kier molecular flexibility index (Phi) is 14.1. The molecule has 1 fully saturated rings. The Bertz CT molecular complexity index is 1190. The van der Waals surface area contributed by atoms with Gasteiger partial charge in [-0.1, -0.05) is 36.4 Å². The molecule has 1 aliphatic rings. The van der Waals surface area contributed by atoms with Gasteiger partial charge in [-0.3, -0.25) is 14.1 Å². The Morgan fingerprint density at radius 1 is 0.571 bits per heavy atom. The smallest absolute Gasteiger partial charge is 0.365 e. The number of carboxylic acids is 6. The van der Waals surface area contributed by atoms with Crippen LogP contribution in [0, 0.1) is 0 Å². The number of para-hydroxylation sites is 2. The second kappa shape index (κ2) is 16.1. The number of phenols is 2. The number of hydrogen-bond acceptors (Lipinski definition) is 9. The molecule has 0 radical (unpaired) electrons. The molecule has 2 aromatic carbocycles. The van der Waals surface area contributed by atoms with Crippen molar-refractivity contribution in [2.24, 2.45) is 0 Å². The van der Waals surface area contributed by atoms with Gasteiger partial charge in [0.05, 0.1) is 12.8 Å². The number of carboxylic acid groups (broad SMARTS) is 6. The van der Waals surface area contributed by atoms with Crippen molar-refractivity contribution < 1.29 is 74.1 Å². The van der Waals surface area contributed by atoms with Gasteiger partial charge in [0.1, 0.15) is 11.5 Å². The first-order valence-electron chi connectivity index (χ1n) is 11.8. The van der Waals surface area contributed by atoms with Crippen molar-refractivity contribution in [3.05, 3.63) is 59.7 Å². The third-order valence-corrected chi connectivity index (χ3v) is 6.01. The van der Waals surface area contributed by atoms with E-state index in [4.69, 9.17) is 35.7 Å². The second-order valence-corrected chi connectivity index (χ2v) is 9.04. The molecule has 0 saturated heterocycles. The van der Waals surface area contributed by atoms with Crippen LogP contribution in [0.2, 0.25) is 0 Å². The van der Waals surface area contributed by atoms with Crippen LogP contribution in [0.25, 0.3) is 0 Å². The number of quaternary nitrogens is 1. The highest BCUT2D eigenvalue weighted by Crippen LogP contribution is 2.47. The summed E-state index contributed by atoms with van der Waals surface area (Å²) in [5.41, 5.74) is -0.741. The third-order valence-electron chi connectivity index (χ3n) is 6.01. The number of aliphatic carboxylic acids is 6. The van der Waals surface area contributed by atoms with E-state index in [-0.39, 0.29) is 43.3 Å².